The second-order valence-corrected chi connectivity index (χ2v) is 6.62. The lowest BCUT2D eigenvalue weighted by Crippen LogP contribution is -1.98. The summed E-state index contributed by atoms with van der Waals surface area (Å²) in [5.74, 6) is 0. The smallest absolute Gasteiger partial charge is 0.0673 e. The van der Waals surface area contributed by atoms with Crippen LogP contribution in [0.3, 0.4) is 0 Å². The van der Waals surface area contributed by atoms with Crippen molar-refractivity contribution in [2.45, 2.75) is 13.8 Å². The van der Waals surface area contributed by atoms with E-state index in [1.54, 1.807) is 0 Å². The van der Waals surface area contributed by atoms with Gasteiger partial charge in [0.1, 0.15) is 0 Å². The monoisotopic (exact) mass is 350 g/mol. The molecule has 2 heteroatoms. The number of hydrogen-bond acceptors (Lipinski definition) is 1. The van der Waals surface area contributed by atoms with E-state index < -0.39 is 0 Å². The molecule has 1 heterocycles. The Morgan fingerprint density at radius 1 is 0.704 bits per heavy atom. The van der Waals surface area contributed by atoms with Crippen molar-refractivity contribution in [2.75, 3.05) is 0 Å². The van der Waals surface area contributed by atoms with E-state index in [4.69, 9.17) is 5.10 Å². The van der Waals surface area contributed by atoms with Crippen LogP contribution >= 0.6 is 0 Å². The molecule has 0 spiro atoms. The highest BCUT2D eigenvalue weighted by Crippen LogP contribution is 2.29. The number of benzene rings is 3. The predicted octanol–water partition coefficient (Wildman–Crippen LogP) is 6.08. The van der Waals surface area contributed by atoms with Crippen molar-refractivity contribution in [3.05, 3.63) is 119 Å². The molecule has 0 aliphatic carbocycles. The molecule has 0 bridgehead atoms. The molecule has 0 atom stereocenters. The predicted molar refractivity (Wildman–Crippen MR) is 113 cm³/mol. The van der Waals surface area contributed by atoms with E-state index in [-0.39, 0.29) is 0 Å². The van der Waals surface area contributed by atoms with Crippen LogP contribution in [0, 0.1) is 13.8 Å². The lowest BCUT2D eigenvalue weighted by atomic mass is 9.95. The summed E-state index contributed by atoms with van der Waals surface area (Å²) in [6.07, 6.45) is 2.27. The Hall–Kier alpha value is -3.39. The van der Waals surface area contributed by atoms with Crippen LogP contribution in [0.5, 0.6) is 0 Å². The average molecular weight is 350 g/mol. The van der Waals surface area contributed by atoms with Gasteiger partial charge >= 0.3 is 0 Å². The fourth-order valence-corrected chi connectivity index (χ4v) is 3.40. The molecule has 0 saturated heterocycles. The van der Waals surface area contributed by atoms with E-state index in [2.05, 4.69) is 92.7 Å². The van der Waals surface area contributed by atoms with Crippen molar-refractivity contribution < 1.29 is 0 Å². The Morgan fingerprint density at radius 2 is 1.19 bits per heavy atom. The summed E-state index contributed by atoms with van der Waals surface area (Å²) in [6, 6.07) is 31.3. The van der Waals surface area contributed by atoms with E-state index in [0.717, 1.165) is 17.1 Å². The Labute approximate surface area is 160 Å². The molecular weight excluding hydrogens is 328 g/mol. The van der Waals surface area contributed by atoms with Gasteiger partial charge in [-0.1, -0.05) is 78.9 Å². The van der Waals surface area contributed by atoms with Gasteiger partial charge in [0, 0.05) is 11.3 Å². The summed E-state index contributed by atoms with van der Waals surface area (Å²) >= 11 is 0. The Kier molecular flexibility index (Phi) is 4.71. The van der Waals surface area contributed by atoms with Crippen LogP contribution in [-0.4, -0.2) is 9.78 Å². The number of aromatic nitrogens is 2. The van der Waals surface area contributed by atoms with E-state index >= 15 is 0 Å². The molecule has 132 valence electrons. The lowest BCUT2D eigenvalue weighted by Gasteiger charge is -2.09. The van der Waals surface area contributed by atoms with Gasteiger partial charge in [0.25, 0.3) is 0 Å². The molecule has 0 unspecified atom stereocenters. The van der Waals surface area contributed by atoms with Crippen LogP contribution in [0.15, 0.2) is 91.0 Å². The van der Waals surface area contributed by atoms with Crippen LogP contribution in [0.1, 0.15) is 28.1 Å². The van der Waals surface area contributed by atoms with Crippen molar-refractivity contribution in [3.8, 4) is 5.69 Å². The number of nitrogens with zero attached hydrogens (tertiary/aromatic N) is 2. The summed E-state index contributed by atoms with van der Waals surface area (Å²) in [4.78, 5) is 0. The van der Waals surface area contributed by atoms with E-state index in [1.165, 1.54) is 22.3 Å². The van der Waals surface area contributed by atoms with Gasteiger partial charge in [-0.05, 0) is 48.8 Å². The van der Waals surface area contributed by atoms with Crippen LogP contribution in [-0.2, 0) is 0 Å². The molecule has 3 aromatic carbocycles. The maximum atomic E-state index is 4.79. The fourth-order valence-electron chi connectivity index (χ4n) is 3.40. The van der Waals surface area contributed by atoms with Gasteiger partial charge in [0.2, 0.25) is 0 Å². The molecule has 2 nitrogen and oxygen atoms in total. The first kappa shape index (κ1) is 17.0. The molecule has 27 heavy (non-hydrogen) atoms. The van der Waals surface area contributed by atoms with Crippen LogP contribution < -0.4 is 0 Å². The first-order valence-electron chi connectivity index (χ1n) is 9.18. The zero-order valence-corrected chi connectivity index (χ0v) is 15.6. The number of aryl methyl sites for hydroxylation is 1. The molecular formula is C25H22N2. The Bertz CT molecular complexity index is 1020. The van der Waals surface area contributed by atoms with Gasteiger partial charge in [-0.2, -0.15) is 5.10 Å². The quantitative estimate of drug-likeness (QED) is 0.436. The number of rotatable bonds is 4. The second kappa shape index (κ2) is 7.46. The molecule has 0 aliphatic heterocycles. The summed E-state index contributed by atoms with van der Waals surface area (Å²) in [6.45, 7) is 4.21. The first-order chi connectivity index (χ1) is 13.2. The Morgan fingerprint density at radius 3 is 1.70 bits per heavy atom. The summed E-state index contributed by atoms with van der Waals surface area (Å²) < 4.78 is 2.02. The third-order valence-electron chi connectivity index (χ3n) is 4.81. The molecule has 0 N–H and O–H groups in total. The number of para-hydroxylation sites is 1. The Balaban J connectivity index is 1.88. The molecule has 4 aromatic rings. The maximum Gasteiger partial charge on any atom is 0.0673 e. The minimum absolute atomic E-state index is 1.03. The molecule has 0 amide bonds. The zero-order valence-electron chi connectivity index (χ0n) is 15.6. The third-order valence-corrected chi connectivity index (χ3v) is 4.81. The topological polar surface area (TPSA) is 17.8 Å². The van der Waals surface area contributed by atoms with Gasteiger partial charge in [-0.25, -0.2) is 4.68 Å². The normalized spacial score (nSPS) is 10.6. The summed E-state index contributed by atoms with van der Waals surface area (Å²) in [7, 11) is 0. The van der Waals surface area contributed by atoms with Crippen molar-refractivity contribution in [1.82, 2.24) is 9.78 Å². The van der Waals surface area contributed by atoms with Crippen LogP contribution in [0.2, 0.25) is 0 Å². The van der Waals surface area contributed by atoms with Gasteiger partial charge < -0.3 is 0 Å². The van der Waals surface area contributed by atoms with Crippen molar-refractivity contribution in [2.24, 2.45) is 0 Å². The molecule has 0 aliphatic rings. The molecule has 0 fully saturated rings. The molecule has 4 rings (SSSR count). The van der Waals surface area contributed by atoms with Crippen molar-refractivity contribution >= 4 is 11.6 Å². The van der Waals surface area contributed by atoms with Crippen molar-refractivity contribution in [1.29, 1.82) is 0 Å². The van der Waals surface area contributed by atoms with Crippen molar-refractivity contribution in [3.63, 3.8) is 0 Å². The van der Waals surface area contributed by atoms with Gasteiger partial charge in [-0.15, -0.1) is 0 Å². The average Bonchev–Trinajstić information content (AvgIpc) is 3.02. The number of hydrogen-bond donors (Lipinski definition) is 0. The zero-order chi connectivity index (χ0) is 18.6. The molecule has 0 saturated carbocycles. The third kappa shape index (κ3) is 3.47. The first-order valence-corrected chi connectivity index (χ1v) is 9.18. The standard InChI is InChI=1S/C25H22N2/c1-19-24(20(2)27(26-19)23-16-10-5-11-17-23)18-25(21-12-6-3-7-13-21)22-14-8-4-9-15-22/h3-18H,1-2H3. The van der Waals surface area contributed by atoms with E-state index in [0.29, 0.717) is 0 Å². The van der Waals surface area contributed by atoms with E-state index in [1.807, 2.05) is 22.9 Å². The molecule has 1 aromatic heterocycles. The minimum Gasteiger partial charge on any atom is -0.237 e. The fraction of sp³-hybridized carbons (Fsp3) is 0.0800. The summed E-state index contributed by atoms with van der Waals surface area (Å²) in [5, 5.41) is 4.79. The molecule has 0 radical (unpaired) electrons. The highest BCUT2D eigenvalue weighted by atomic mass is 15.3. The maximum absolute atomic E-state index is 4.79. The van der Waals surface area contributed by atoms with Crippen LogP contribution in [0.25, 0.3) is 17.3 Å². The lowest BCUT2D eigenvalue weighted by molar-refractivity contribution is 0.833. The van der Waals surface area contributed by atoms with Gasteiger partial charge in [0.05, 0.1) is 11.4 Å². The van der Waals surface area contributed by atoms with E-state index in [9.17, 15) is 0 Å². The highest BCUT2D eigenvalue weighted by molar-refractivity contribution is 5.92. The van der Waals surface area contributed by atoms with Gasteiger partial charge in [-0.3, -0.25) is 0 Å². The largest absolute Gasteiger partial charge is 0.237 e. The van der Waals surface area contributed by atoms with Crippen LogP contribution in [0.4, 0.5) is 0 Å². The van der Waals surface area contributed by atoms with Gasteiger partial charge in [0.15, 0.2) is 0 Å². The summed E-state index contributed by atoms with van der Waals surface area (Å²) in [5.41, 5.74) is 8.03. The SMILES string of the molecule is Cc1nn(-c2ccccc2)c(C)c1C=C(c1ccccc1)c1ccccc1. The highest BCUT2D eigenvalue weighted by Gasteiger charge is 2.13. The second-order valence-electron chi connectivity index (χ2n) is 6.62. The minimum atomic E-state index is 1.03.